The molecule has 0 bridgehead atoms. The van der Waals surface area contributed by atoms with Crippen LogP contribution in [0.3, 0.4) is 0 Å². The van der Waals surface area contributed by atoms with E-state index in [-0.39, 0.29) is 11.9 Å². The molecule has 0 saturated heterocycles. The minimum atomic E-state index is -0.280. The Balaban J connectivity index is 1.43. The summed E-state index contributed by atoms with van der Waals surface area (Å²) in [5.41, 5.74) is 3.37. The lowest BCUT2D eigenvalue weighted by Gasteiger charge is -2.35. The molecule has 0 fully saturated rings. The molecule has 4 aromatic rings. The standard InChI is InChI=1S/C22H18FN3OS/c23-17-8-6-16(7-9-17)22-24-20(27-25-22)14-26-12-10-19-18(11-13-28-19)21(26)15-4-2-1-3-5-15/h1-9,11,13,21H,10,12,14H2/t21-/m1/s1. The van der Waals surface area contributed by atoms with Crippen molar-refractivity contribution in [1.82, 2.24) is 15.0 Å². The van der Waals surface area contributed by atoms with Crippen LogP contribution in [0.2, 0.25) is 0 Å². The fourth-order valence-electron chi connectivity index (χ4n) is 3.77. The second kappa shape index (κ2) is 7.30. The highest BCUT2D eigenvalue weighted by atomic mass is 32.1. The Morgan fingerprint density at radius 2 is 1.89 bits per heavy atom. The smallest absolute Gasteiger partial charge is 0.241 e. The molecular weight excluding hydrogens is 373 g/mol. The van der Waals surface area contributed by atoms with E-state index >= 15 is 0 Å². The first-order valence-electron chi connectivity index (χ1n) is 9.22. The largest absolute Gasteiger partial charge is 0.338 e. The van der Waals surface area contributed by atoms with Crippen molar-refractivity contribution >= 4 is 11.3 Å². The first kappa shape index (κ1) is 17.3. The maximum Gasteiger partial charge on any atom is 0.241 e. The Morgan fingerprint density at radius 3 is 2.71 bits per heavy atom. The maximum atomic E-state index is 13.1. The Kier molecular flexibility index (Phi) is 4.50. The van der Waals surface area contributed by atoms with Crippen molar-refractivity contribution in [3.8, 4) is 11.4 Å². The zero-order valence-corrected chi connectivity index (χ0v) is 15.9. The number of rotatable bonds is 4. The van der Waals surface area contributed by atoms with Crippen LogP contribution in [0.25, 0.3) is 11.4 Å². The van der Waals surface area contributed by atoms with Gasteiger partial charge in [-0.1, -0.05) is 35.5 Å². The first-order valence-corrected chi connectivity index (χ1v) is 10.1. The molecule has 3 heterocycles. The number of hydrogen-bond acceptors (Lipinski definition) is 5. The third kappa shape index (κ3) is 3.25. The van der Waals surface area contributed by atoms with Gasteiger partial charge in [0.25, 0.3) is 0 Å². The highest BCUT2D eigenvalue weighted by Crippen LogP contribution is 2.38. The van der Waals surface area contributed by atoms with Gasteiger partial charge in [-0.15, -0.1) is 11.3 Å². The molecule has 0 aliphatic carbocycles. The molecule has 5 rings (SSSR count). The van der Waals surface area contributed by atoms with Crippen LogP contribution < -0.4 is 0 Å². The van der Waals surface area contributed by atoms with Gasteiger partial charge in [-0.05, 0) is 53.3 Å². The zero-order chi connectivity index (χ0) is 18.9. The number of benzene rings is 2. The summed E-state index contributed by atoms with van der Waals surface area (Å²) in [6.07, 6.45) is 1.02. The summed E-state index contributed by atoms with van der Waals surface area (Å²) in [6, 6.07) is 19.1. The van der Waals surface area contributed by atoms with Crippen molar-refractivity contribution in [2.75, 3.05) is 6.54 Å². The molecule has 0 spiro atoms. The molecule has 0 amide bonds. The van der Waals surface area contributed by atoms with Crippen LogP contribution in [-0.4, -0.2) is 21.6 Å². The predicted molar refractivity (Wildman–Crippen MR) is 106 cm³/mol. The topological polar surface area (TPSA) is 42.2 Å². The molecule has 2 aromatic heterocycles. The Labute approximate surface area is 166 Å². The lowest BCUT2D eigenvalue weighted by molar-refractivity contribution is 0.179. The quantitative estimate of drug-likeness (QED) is 0.486. The number of hydrogen-bond donors (Lipinski definition) is 0. The molecule has 2 aromatic carbocycles. The van der Waals surface area contributed by atoms with E-state index in [4.69, 9.17) is 4.52 Å². The van der Waals surface area contributed by atoms with E-state index in [1.54, 1.807) is 12.1 Å². The van der Waals surface area contributed by atoms with E-state index < -0.39 is 0 Å². The number of nitrogens with zero attached hydrogens (tertiary/aromatic N) is 3. The van der Waals surface area contributed by atoms with Gasteiger partial charge in [0.2, 0.25) is 11.7 Å². The normalized spacial score (nSPS) is 16.8. The summed E-state index contributed by atoms with van der Waals surface area (Å²) in [6.45, 7) is 1.50. The number of thiophene rings is 1. The highest BCUT2D eigenvalue weighted by molar-refractivity contribution is 7.10. The summed E-state index contributed by atoms with van der Waals surface area (Å²) in [5.74, 6) is 0.775. The van der Waals surface area contributed by atoms with Gasteiger partial charge in [-0.2, -0.15) is 4.98 Å². The summed E-state index contributed by atoms with van der Waals surface area (Å²) in [5, 5.41) is 6.25. The third-order valence-electron chi connectivity index (χ3n) is 5.09. The Bertz CT molecular complexity index is 1070. The minimum Gasteiger partial charge on any atom is -0.338 e. The van der Waals surface area contributed by atoms with Crippen molar-refractivity contribution in [2.45, 2.75) is 19.0 Å². The van der Waals surface area contributed by atoms with Crippen molar-refractivity contribution in [1.29, 1.82) is 0 Å². The molecule has 1 atom stereocenters. The van der Waals surface area contributed by atoms with Crippen LogP contribution in [0.5, 0.6) is 0 Å². The second-order valence-electron chi connectivity index (χ2n) is 6.85. The minimum absolute atomic E-state index is 0.178. The maximum absolute atomic E-state index is 13.1. The lowest BCUT2D eigenvalue weighted by Crippen LogP contribution is -2.35. The van der Waals surface area contributed by atoms with E-state index in [0.717, 1.165) is 18.5 Å². The van der Waals surface area contributed by atoms with Gasteiger partial charge in [0.05, 0.1) is 12.6 Å². The monoisotopic (exact) mass is 391 g/mol. The fourth-order valence-corrected chi connectivity index (χ4v) is 4.68. The van der Waals surface area contributed by atoms with Crippen LogP contribution in [0.4, 0.5) is 4.39 Å². The summed E-state index contributed by atoms with van der Waals surface area (Å²) < 4.78 is 18.7. The summed E-state index contributed by atoms with van der Waals surface area (Å²) in [7, 11) is 0. The lowest BCUT2D eigenvalue weighted by atomic mass is 9.93. The molecule has 0 unspecified atom stereocenters. The Hall–Kier alpha value is -2.83. The van der Waals surface area contributed by atoms with E-state index in [0.29, 0.717) is 18.3 Å². The molecule has 28 heavy (non-hydrogen) atoms. The number of fused-ring (bicyclic) bond motifs is 1. The third-order valence-corrected chi connectivity index (χ3v) is 6.09. The number of aromatic nitrogens is 2. The molecule has 6 heteroatoms. The van der Waals surface area contributed by atoms with E-state index in [1.165, 1.54) is 28.1 Å². The molecular formula is C22H18FN3OS. The molecule has 0 N–H and O–H groups in total. The van der Waals surface area contributed by atoms with Crippen LogP contribution in [0.1, 0.15) is 27.9 Å². The van der Waals surface area contributed by atoms with Crippen LogP contribution in [-0.2, 0) is 13.0 Å². The van der Waals surface area contributed by atoms with Crippen molar-refractivity contribution < 1.29 is 8.91 Å². The SMILES string of the molecule is Fc1ccc(-c2noc(CN3CCc4sccc4[C@H]3c3ccccc3)n2)cc1. The van der Waals surface area contributed by atoms with Gasteiger partial charge >= 0.3 is 0 Å². The molecule has 1 aliphatic rings. The van der Waals surface area contributed by atoms with Crippen molar-refractivity contribution in [3.05, 3.63) is 93.8 Å². The van der Waals surface area contributed by atoms with Crippen molar-refractivity contribution in [2.24, 2.45) is 0 Å². The van der Waals surface area contributed by atoms with E-state index in [1.807, 2.05) is 17.4 Å². The van der Waals surface area contributed by atoms with Crippen molar-refractivity contribution in [3.63, 3.8) is 0 Å². The Morgan fingerprint density at radius 1 is 1.07 bits per heavy atom. The fraction of sp³-hybridized carbons (Fsp3) is 0.182. The van der Waals surface area contributed by atoms with Gasteiger partial charge in [0, 0.05) is 17.0 Å². The van der Waals surface area contributed by atoms with Gasteiger partial charge in [0.15, 0.2) is 0 Å². The van der Waals surface area contributed by atoms with Crippen LogP contribution >= 0.6 is 11.3 Å². The van der Waals surface area contributed by atoms with Gasteiger partial charge < -0.3 is 4.52 Å². The molecule has 140 valence electrons. The first-order chi connectivity index (χ1) is 13.8. The second-order valence-corrected chi connectivity index (χ2v) is 7.85. The van der Waals surface area contributed by atoms with Gasteiger partial charge in [0.1, 0.15) is 5.82 Å². The summed E-state index contributed by atoms with van der Waals surface area (Å²) in [4.78, 5) is 8.36. The molecule has 1 aliphatic heterocycles. The van der Waals surface area contributed by atoms with Crippen LogP contribution in [0.15, 0.2) is 70.6 Å². The predicted octanol–water partition coefficient (Wildman–Crippen LogP) is 5.08. The van der Waals surface area contributed by atoms with E-state index in [9.17, 15) is 4.39 Å². The molecule has 0 radical (unpaired) electrons. The average molecular weight is 391 g/mol. The summed E-state index contributed by atoms with van der Waals surface area (Å²) >= 11 is 1.83. The van der Waals surface area contributed by atoms with E-state index in [2.05, 4.69) is 50.8 Å². The van der Waals surface area contributed by atoms with Gasteiger partial charge in [-0.25, -0.2) is 4.39 Å². The highest BCUT2D eigenvalue weighted by Gasteiger charge is 2.30. The number of halogens is 1. The van der Waals surface area contributed by atoms with Gasteiger partial charge in [-0.3, -0.25) is 4.90 Å². The van der Waals surface area contributed by atoms with Crippen LogP contribution in [0, 0.1) is 5.82 Å². The molecule has 0 saturated carbocycles. The average Bonchev–Trinajstić information content (AvgIpc) is 3.39. The molecule has 4 nitrogen and oxygen atoms in total. The zero-order valence-electron chi connectivity index (χ0n) is 15.1.